The second-order valence-corrected chi connectivity index (χ2v) is 6.08. The predicted molar refractivity (Wildman–Crippen MR) is 89.3 cm³/mol. The van der Waals surface area contributed by atoms with E-state index in [1.54, 1.807) is 31.3 Å². The number of likely N-dealkylation sites (N-methyl/N-ethyl adjacent to an activating group) is 1. The van der Waals surface area contributed by atoms with E-state index in [4.69, 9.17) is 0 Å². The number of urea groups is 1. The number of imidazole rings is 1. The van der Waals surface area contributed by atoms with Crippen LogP contribution in [0.3, 0.4) is 0 Å². The van der Waals surface area contributed by atoms with Gasteiger partial charge < -0.3 is 19.9 Å². The Morgan fingerprint density at radius 2 is 2.13 bits per heavy atom. The molecule has 0 bridgehead atoms. The molecule has 0 aliphatic heterocycles. The predicted octanol–water partition coefficient (Wildman–Crippen LogP) is 2.17. The number of hydrogen-bond acceptors (Lipinski definition) is 3. The van der Waals surface area contributed by atoms with E-state index >= 15 is 0 Å². The van der Waals surface area contributed by atoms with E-state index in [2.05, 4.69) is 10.3 Å². The van der Waals surface area contributed by atoms with E-state index < -0.39 is 5.60 Å². The fourth-order valence-corrected chi connectivity index (χ4v) is 2.39. The van der Waals surface area contributed by atoms with Crippen molar-refractivity contribution in [2.24, 2.45) is 0 Å². The van der Waals surface area contributed by atoms with Crippen LogP contribution >= 0.6 is 0 Å². The van der Waals surface area contributed by atoms with Crippen molar-refractivity contribution in [2.75, 3.05) is 13.1 Å². The minimum absolute atomic E-state index is 0.185. The van der Waals surface area contributed by atoms with Crippen molar-refractivity contribution in [1.29, 1.82) is 0 Å². The Labute approximate surface area is 136 Å². The van der Waals surface area contributed by atoms with E-state index in [1.807, 2.05) is 42.0 Å². The number of nitrogens with zero attached hydrogens (tertiary/aromatic N) is 3. The molecule has 124 valence electrons. The van der Waals surface area contributed by atoms with Crippen molar-refractivity contribution >= 4 is 6.03 Å². The second-order valence-electron chi connectivity index (χ2n) is 6.08. The molecule has 2 rings (SSSR count). The monoisotopic (exact) mass is 316 g/mol. The molecule has 2 amide bonds. The molecule has 0 atom stereocenters. The Balaban J connectivity index is 2.05. The quantitative estimate of drug-likeness (QED) is 0.858. The summed E-state index contributed by atoms with van der Waals surface area (Å²) >= 11 is 0. The van der Waals surface area contributed by atoms with Gasteiger partial charge in [0.25, 0.3) is 0 Å². The summed E-state index contributed by atoms with van der Waals surface area (Å²) in [6.07, 6.45) is 5.32. The second kappa shape index (κ2) is 7.28. The number of carbonyl (C=O) groups is 1. The summed E-state index contributed by atoms with van der Waals surface area (Å²) in [4.78, 5) is 18.0. The highest BCUT2D eigenvalue weighted by molar-refractivity contribution is 5.74. The number of carbonyl (C=O) groups excluding carboxylic acids is 1. The summed E-state index contributed by atoms with van der Waals surface area (Å²) in [6.45, 7) is 6.52. The van der Waals surface area contributed by atoms with Crippen LogP contribution in [0.2, 0.25) is 0 Å². The highest BCUT2D eigenvalue weighted by Crippen LogP contribution is 2.14. The van der Waals surface area contributed by atoms with Crippen molar-refractivity contribution in [2.45, 2.75) is 32.9 Å². The zero-order chi connectivity index (χ0) is 16.9. The van der Waals surface area contributed by atoms with Gasteiger partial charge in [-0.25, -0.2) is 9.78 Å². The molecule has 23 heavy (non-hydrogen) atoms. The molecule has 0 fully saturated rings. The molecule has 1 heterocycles. The Kier molecular flexibility index (Phi) is 5.39. The summed E-state index contributed by atoms with van der Waals surface area (Å²) in [7, 11) is 0. The molecular weight excluding hydrogens is 292 g/mol. The SMILES string of the molecule is CCN(CC(C)(C)O)C(=O)NCc1ccccc1-n1ccnc1. The maximum absolute atomic E-state index is 12.3. The molecule has 0 radical (unpaired) electrons. The number of benzene rings is 1. The van der Waals surface area contributed by atoms with Crippen LogP contribution in [0, 0.1) is 0 Å². The zero-order valence-corrected chi connectivity index (χ0v) is 13.9. The van der Waals surface area contributed by atoms with Crippen LogP contribution in [0.15, 0.2) is 43.0 Å². The van der Waals surface area contributed by atoms with Gasteiger partial charge >= 0.3 is 6.03 Å². The van der Waals surface area contributed by atoms with Crippen molar-refractivity contribution in [3.63, 3.8) is 0 Å². The molecule has 6 nitrogen and oxygen atoms in total. The van der Waals surface area contributed by atoms with Gasteiger partial charge in [0.05, 0.1) is 24.2 Å². The Morgan fingerprint density at radius 3 is 2.74 bits per heavy atom. The molecule has 1 aromatic heterocycles. The lowest BCUT2D eigenvalue weighted by Gasteiger charge is -2.28. The van der Waals surface area contributed by atoms with Gasteiger partial charge in [-0.2, -0.15) is 0 Å². The Bertz CT molecular complexity index is 632. The number of aromatic nitrogens is 2. The Morgan fingerprint density at radius 1 is 1.39 bits per heavy atom. The maximum Gasteiger partial charge on any atom is 0.317 e. The first-order valence-electron chi connectivity index (χ1n) is 7.72. The third-order valence-corrected chi connectivity index (χ3v) is 3.45. The fraction of sp³-hybridized carbons (Fsp3) is 0.412. The molecule has 0 saturated carbocycles. The lowest BCUT2D eigenvalue weighted by Crippen LogP contribution is -2.46. The summed E-state index contributed by atoms with van der Waals surface area (Å²) in [5, 5.41) is 12.8. The van der Waals surface area contributed by atoms with Crippen LogP contribution in [0.4, 0.5) is 4.79 Å². The summed E-state index contributed by atoms with van der Waals surface area (Å²) in [5.74, 6) is 0. The van der Waals surface area contributed by atoms with Crippen LogP contribution in [-0.2, 0) is 6.54 Å². The number of aliphatic hydroxyl groups is 1. The highest BCUT2D eigenvalue weighted by Gasteiger charge is 2.21. The van der Waals surface area contributed by atoms with Crippen molar-refractivity contribution in [3.05, 3.63) is 48.5 Å². The first-order chi connectivity index (χ1) is 10.9. The van der Waals surface area contributed by atoms with Crippen LogP contribution < -0.4 is 5.32 Å². The number of amides is 2. The number of para-hydroxylation sites is 1. The minimum Gasteiger partial charge on any atom is -0.389 e. The zero-order valence-electron chi connectivity index (χ0n) is 13.9. The molecule has 0 aliphatic carbocycles. The molecule has 0 saturated heterocycles. The first kappa shape index (κ1) is 17.0. The molecular formula is C17H24N4O2. The van der Waals surface area contributed by atoms with E-state index in [-0.39, 0.29) is 6.03 Å². The summed E-state index contributed by atoms with van der Waals surface area (Å²) in [5.41, 5.74) is 1.07. The van der Waals surface area contributed by atoms with Gasteiger partial charge in [0.2, 0.25) is 0 Å². The van der Waals surface area contributed by atoms with Gasteiger partial charge in [-0.1, -0.05) is 18.2 Å². The first-order valence-corrected chi connectivity index (χ1v) is 7.72. The normalized spacial score (nSPS) is 11.3. The van der Waals surface area contributed by atoms with E-state index in [0.717, 1.165) is 11.3 Å². The van der Waals surface area contributed by atoms with Gasteiger partial charge in [-0.15, -0.1) is 0 Å². The summed E-state index contributed by atoms with van der Waals surface area (Å²) < 4.78 is 1.91. The standard InChI is InChI=1S/C17H24N4O2/c1-4-20(12-17(2,3)23)16(22)19-11-14-7-5-6-8-15(14)21-10-9-18-13-21/h5-10,13,23H,4,11-12H2,1-3H3,(H,19,22). The fourth-order valence-electron chi connectivity index (χ4n) is 2.39. The maximum atomic E-state index is 12.3. The molecule has 0 spiro atoms. The third-order valence-electron chi connectivity index (χ3n) is 3.45. The summed E-state index contributed by atoms with van der Waals surface area (Å²) in [6, 6.07) is 7.67. The van der Waals surface area contributed by atoms with Crippen molar-refractivity contribution in [1.82, 2.24) is 19.8 Å². The Hall–Kier alpha value is -2.34. The van der Waals surface area contributed by atoms with Gasteiger partial charge in [-0.05, 0) is 32.4 Å². The molecule has 6 heteroatoms. The highest BCUT2D eigenvalue weighted by atomic mass is 16.3. The molecule has 1 aromatic carbocycles. The average Bonchev–Trinajstić information content (AvgIpc) is 3.04. The van der Waals surface area contributed by atoms with Crippen LogP contribution in [0.5, 0.6) is 0 Å². The topological polar surface area (TPSA) is 70.4 Å². The van der Waals surface area contributed by atoms with Gasteiger partial charge in [0.1, 0.15) is 0 Å². The molecule has 0 unspecified atom stereocenters. The van der Waals surface area contributed by atoms with Gasteiger partial charge in [0, 0.05) is 25.5 Å². The van der Waals surface area contributed by atoms with E-state index in [0.29, 0.717) is 19.6 Å². The lowest BCUT2D eigenvalue weighted by atomic mass is 10.1. The van der Waals surface area contributed by atoms with Gasteiger partial charge in [0.15, 0.2) is 0 Å². The molecule has 2 N–H and O–H groups in total. The third kappa shape index (κ3) is 4.82. The number of rotatable bonds is 6. The minimum atomic E-state index is -0.915. The lowest BCUT2D eigenvalue weighted by molar-refractivity contribution is 0.0480. The number of nitrogens with one attached hydrogen (secondary N) is 1. The van der Waals surface area contributed by atoms with Gasteiger partial charge in [-0.3, -0.25) is 0 Å². The van der Waals surface area contributed by atoms with Crippen molar-refractivity contribution in [3.8, 4) is 5.69 Å². The van der Waals surface area contributed by atoms with Crippen LogP contribution in [-0.4, -0.2) is 44.3 Å². The van der Waals surface area contributed by atoms with Crippen LogP contribution in [0.25, 0.3) is 5.69 Å². The van der Waals surface area contributed by atoms with Crippen molar-refractivity contribution < 1.29 is 9.90 Å². The average molecular weight is 316 g/mol. The molecule has 0 aliphatic rings. The largest absolute Gasteiger partial charge is 0.389 e. The smallest absolute Gasteiger partial charge is 0.317 e. The van der Waals surface area contributed by atoms with Crippen LogP contribution in [0.1, 0.15) is 26.3 Å². The van der Waals surface area contributed by atoms with E-state index in [1.165, 1.54) is 0 Å². The molecule has 2 aromatic rings. The number of hydrogen-bond donors (Lipinski definition) is 2. The van der Waals surface area contributed by atoms with E-state index in [9.17, 15) is 9.90 Å².